The number of benzene rings is 2. The van der Waals surface area contributed by atoms with E-state index in [1.165, 1.54) is 5.56 Å². The van der Waals surface area contributed by atoms with Crippen molar-refractivity contribution in [2.45, 2.75) is 45.3 Å². The molecule has 3 rings (SSSR count). The topological polar surface area (TPSA) is 99.6 Å². The molecule has 0 radical (unpaired) electrons. The summed E-state index contributed by atoms with van der Waals surface area (Å²) in [6.45, 7) is 5.58. The van der Waals surface area contributed by atoms with E-state index in [1.54, 1.807) is 25.1 Å². The molecule has 0 saturated carbocycles. The molecule has 0 aliphatic carbocycles. The van der Waals surface area contributed by atoms with Gasteiger partial charge in [-0.05, 0) is 56.9 Å². The fourth-order valence-corrected chi connectivity index (χ4v) is 2.99. The second-order valence-electron chi connectivity index (χ2n) is 7.60. The van der Waals surface area contributed by atoms with Gasteiger partial charge in [-0.25, -0.2) is 4.79 Å². The minimum atomic E-state index is -0.892. The second kappa shape index (κ2) is 7.94. The highest BCUT2D eigenvalue weighted by atomic mass is 16.6. The molecule has 148 valence electrons. The van der Waals surface area contributed by atoms with Gasteiger partial charge in [0.25, 0.3) is 0 Å². The van der Waals surface area contributed by atoms with Crippen LogP contribution in [-0.2, 0) is 16.0 Å². The molecule has 1 unspecified atom stereocenters. The SMILES string of the molecule is CC1=C(N)Nc2cc(C(N)C(=O)OC(C)(C)CCc3ccccc3)ccc2O1. The minimum Gasteiger partial charge on any atom is -0.458 e. The van der Waals surface area contributed by atoms with Crippen LogP contribution in [0, 0.1) is 0 Å². The first-order valence-electron chi connectivity index (χ1n) is 9.33. The lowest BCUT2D eigenvalue weighted by Gasteiger charge is -2.27. The first-order valence-corrected chi connectivity index (χ1v) is 9.33. The third kappa shape index (κ3) is 4.64. The van der Waals surface area contributed by atoms with E-state index in [9.17, 15) is 4.79 Å². The molecule has 1 heterocycles. The van der Waals surface area contributed by atoms with E-state index in [1.807, 2.05) is 32.0 Å². The van der Waals surface area contributed by atoms with Crippen molar-refractivity contribution in [3.63, 3.8) is 0 Å². The third-order valence-corrected chi connectivity index (χ3v) is 4.76. The number of carbonyl (C=O) groups excluding carboxylic acids is 1. The highest BCUT2D eigenvalue weighted by molar-refractivity contribution is 5.79. The fourth-order valence-electron chi connectivity index (χ4n) is 2.99. The first kappa shape index (κ1) is 19.8. The number of ether oxygens (including phenoxy) is 2. The van der Waals surface area contributed by atoms with Crippen LogP contribution >= 0.6 is 0 Å². The van der Waals surface area contributed by atoms with Crippen LogP contribution < -0.4 is 21.5 Å². The summed E-state index contributed by atoms with van der Waals surface area (Å²) < 4.78 is 11.3. The molecule has 6 heteroatoms. The Morgan fingerprint density at radius 2 is 1.93 bits per heavy atom. The highest BCUT2D eigenvalue weighted by Gasteiger charge is 2.28. The molecule has 0 aromatic heterocycles. The number of carbonyl (C=O) groups is 1. The van der Waals surface area contributed by atoms with Crippen LogP contribution in [0.5, 0.6) is 5.75 Å². The molecule has 0 saturated heterocycles. The largest absolute Gasteiger partial charge is 0.458 e. The Morgan fingerprint density at radius 1 is 1.21 bits per heavy atom. The molecule has 5 N–H and O–H groups in total. The summed E-state index contributed by atoms with van der Waals surface area (Å²) in [5, 5.41) is 3.06. The summed E-state index contributed by atoms with van der Waals surface area (Å²) in [4.78, 5) is 12.6. The van der Waals surface area contributed by atoms with E-state index in [0.29, 0.717) is 35.0 Å². The number of allylic oxidation sites excluding steroid dienone is 1. The van der Waals surface area contributed by atoms with Gasteiger partial charge in [0, 0.05) is 0 Å². The van der Waals surface area contributed by atoms with Crippen molar-refractivity contribution in [2.75, 3.05) is 5.32 Å². The van der Waals surface area contributed by atoms with Crippen molar-refractivity contribution in [2.24, 2.45) is 11.5 Å². The molecule has 0 spiro atoms. The normalized spacial score (nSPS) is 14.6. The van der Waals surface area contributed by atoms with Gasteiger partial charge in [-0.1, -0.05) is 36.4 Å². The molecule has 0 bridgehead atoms. The zero-order valence-corrected chi connectivity index (χ0v) is 16.5. The second-order valence-corrected chi connectivity index (χ2v) is 7.60. The molecule has 1 atom stereocenters. The predicted molar refractivity (Wildman–Crippen MR) is 109 cm³/mol. The van der Waals surface area contributed by atoms with Gasteiger partial charge >= 0.3 is 5.97 Å². The van der Waals surface area contributed by atoms with E-state index in [4.69, 9.17) is 20.9 Å². The van der Waals surface area contributed by atoms with Crippen molar-refractivity contribution in [1.29, 1.82) is 0 Å². The van der Waals surface area contributed by atoms with Gasteiger partial charge in [0.15, 0.2) is 5.75 Å². The number of nitrogens with two attached hydrogens (primary N) is 2. The maximum absolute atomic E-state index is 12.6. The fraction of sp³-hybridized carbons (Fsp3) is 0.318. The van der Waals surface area contributed by atoms with E-state index in [-0.39, 0.29) is 0 Å². The smallest absolute Gasteiger partial charge is 0.328 e. The molecule has 2 aromatic carbocycles. The zero-order valence-electron chi connectivity index (χ0n) is 16.5. The van der Waals surface area contributed by atoms with Crippen molar-refractivity contribution in [3.8, 4) is 5.75 Å². The van der Waals surface area contributed by atoms with E-state index in [0.717, 1.165) is 6.42 Å². The number of rotatable bonds is 6. The van der Waals surface area contributed by atoms with Gasteiger partial charge in [0.05, 0.1) is 5.69 Å². The van der Waals surface area contributed by atoms with Crippen LogP contribution in [0.25, 0.3) is 0 Å². The predicted octanol–water partition coefficient (Wildman–Crippen LogP) is 3.59. The quantitative estimate of drug-likeness (QED) is 0.661. The van der Waals surface area contributed by atoms with Crippen LogP contribution in [-0.4, -0.2) is 11.6 Å². The summed E-state index contributed by atoms with van der Waals surface area (Å²) >= 11 is 0. The Morgan fingerprint density at radius 3 is 2.64 bits per heavy atom. The number of nitrogens with one attached hydrogen (secondary N) is 1. The number of anilines is 1. The Hall–Kier alpha value is -2.99. The molecule has 0 amide bonds. The standard InChI is InChI=1S/C22H27N3O3/c1-14-20(24)25-17-13-16(9-10-18(17)27-14)19(23)21(26)28-22(2,3)12-11-15-7-5-4-6-8-15/h4-10,13,19,25H,11-12,23-24H2,1-3H3. The average Bonchev–Trinajstić information content (AvgIpc) is 2.67. The monoisotopic (exact) mass is 381 g/mol. The van der Waals surface area contributed by atoms with Gasteiger partial charge < -0.3 is 26.3 Å². The van der Waals surface area contributed by atoms with Crippen molar-refractivity contribution < 1.29 is 14.3 Å². The van der Waals surface area contributed by atoms with Gasteiger partial charge in [-0.15, -0.1) is 0 Å². The van der Waals surface area contributed by atoms with Crippen LogP contribution in [0.1, 0.15) is 44.4 Å². The first-order chi connectivity index (χ1) is 13.2. The van der Waals surface area contributed by atoms with Gasteiger partial charge in [-0.3, -0.25) is 0 Å². The average molecular weight is 381 g/mol. The molecule has 1 aliphatic heterocycles. The number of aryl methyl sites for hydroxylation is 1. The van der Waals surface area contributed by atoms with E-state index in [2.05, 4.69) is 17.4 Å². The molecular formula is C22H27N3O3. The summed E-state index contributed by atoms with van der Waals surface area (Å²) in [6, 6.07) is 14.5. The molecule has 1 aliphatic rings. The minimum absolute atomic E-state index is 0.433. The van der Waals surface area contributed by atoms with Crippen molar-refractivity contribution in [1.82, 2.24) is 0 Å². The van der Waals surface area contributed by atoms with Crippen LogP contribution in [0.4, 0.5) is 5.69 Å². The lowest BCUT2D eigenvalue weighted by molar-refractivity contribution is -0.158. The maximum Gasteiger partial charge on any atom is 0.328 e. The summed E-state index contributed by atoms with van der Waals surface area (Å²) in [5.41, 5.74) is 13.9. The third-order valence-electron chi connectivity index (χ3n) is 4.76. The Bertz CT molecular complexity index is 891. The molecule has 6 nitrogen and oxygen atoms in total. The van der Waals surface area contributed by atoms with Gasteiger partial charge in [0.1, 0.15) is 23.2 Å². The van der Waals surface area contributed by atoms with E-state index < -0.39 is 17.6 Å². The van der Waals surface area contributed by atoms with Gasteiger partial charge in [0.2, 0.25) is 0 Å². The number of esters is 1. The van der Waals surface area contributed by atoms with Crippen molar-refractivity contribution in [3.05, 3.63) is 71.2 Å². The van der Waals surface area contributed by atoms with Gasteiger partial charge in [-0.2, -0.15) is 0 Å². The summed E-state index contributed by atoms with van der Waals surface area (Å²) in [5.74, 6) is 1.21. The number of fused-ring (bicyclic) bond motifs is 1. The Kier molecular flexibility index (Phi) is 5.61. The lowest BCUT2D eigenvalue weighted by Crippen LogP contribution is -2.34. The maximum atomic E-state index is 12.6. The molecule has 28 heavy (non-hydrogen) atoms. The van der Waals surface area contributed by atoms with E-state index >= 15 is 0 Å². The van der Waals surface area contributed by atoms with Crippen molar-refractivity contribution >= 4 is 11.7 Å². The lowest BCUT2D eigenvalue weighted by atomic mass is 9.98. The number of hydrogen-bond donors (Lipinski definition) is 3. The Labute approximate surface area is 165 Å². The zero-order chi connectivity index (χ0) is 20.3. The summed E-state index contributed by atoms with van der Waals surface area (Å²) in [6.07, 6.45) is 1.52. The highest BCUT2D eigenvalue weighted by Crippen LogP contribution is 2.33. The van der Waals surface area contributed by atoms with Crippen LogP contribution in [0.3, 0.4) is 0 Å². The molecule has 0 fully saturated rings. The summed E-state index contributed by atoms with van der Waals surface area (Å²) in [7, 11) is 0. The molecule has 2 aromatic rings. The molecular weight excluding hydrogens is 354 g/mol. The Balaban J connectivity index is 1.64. The van der Waals surface area contributed by atoms with Crippen LogP contribution in [0.15, 0.2) is 60.1 Å². The number of hydrogen-bond acceptors (Lipinski definition) is 6. The van der Waals surface area contributed by atoms with Crippen LogP contribution in [0.2, 0.25) is 0 Å².